The van der Waals surface area contributed by atoms with Crippen LogP contribution in [0.25, 0.3) is 0 Å². The van der Waals surface area contributed by atoms with Crippen LogP contribution in [0.3, 0.4) is 0 Å². The van der Waals surface area contributed by atoms with Gasteiger partial charge in [0.15, 0.2) is 0 Å². The normalized spacial score (nSPS) is 23.4. The maximum Gasteiger partial charge on any atom is 0.145 e. The van der Waals surface area contributed by atoms with Crippen LogP contribution in [0.4, 0.5) is 0 Å². The van der Waals surface area contributed by atoms with E-state index in [0.29, 0.717) is 12.2 Å². The highest BCUT2D eigenvalue weighted by atomic mass is 79.9. The highest BCUT2D eigenvalue weighted by Gasteiger charge is 2.49. The summed E-state index contributed by atoms with van der Waals surface area (Å²) in [4.78, 5) is 15.3. The first-order chi connectivity index (χ1) is 7.00. The lowest BCUT2D eigenvalue weighted by Crippen LogP contribution is -2.52. The molecule has 1 atom stereocenters. The van der Waals surface area contributed by atoms with Gasteiger partial charge in [-0.2, -0.15) is 0 Å². The highest BCUT2D eigenvalue weighted by Crippen LogP contribution is 2.39. The number of hydrogen-bond acceptors (Lipinski definition) is 3. The molecule has 2 rings (SSSR count). The second-order valence-corrected chi connectivity index (χ2v) is 5.21. The second-order valence-electron chi connectivity index (χ2n) is 4.29. The Morgan fingerprint density at radius 3 is 2.80 bits per heavy atom. The van der Waals surface area contributed by atoms with Crippen molar-refractivity contribution < 1.29 is 9.53 Å². The molecular formula is C11H12BrNO2. The van der Waals surface area contributed by atoms with Crippen LogP contribution in [0.2, 0.25) is 0 Å². The zero-order valence-corrected chi connectivity index (χ0v) is 10.2. The van der Waals surface area contributed by atoms with Gasteiger partial charge in [0.2, 0.25) is 0 Å². The summed E-state index contributed by atoms with van der Waals surface area (Å²) < 4.78 is 6.58. The van der Waals surface area contributed by atoms with E-state index in [4.69, 9.17) is 4.74 Å². The van der Waals surface area contributed by atoms with Gasteiger partial charge in [-0.3, -0.25) is 9.78 Å². The molecule has 1 aliphatic rings. The van der Waals surface area contributed by atoms with Crippen molar-refractivity contribution in [1.29, 1.82) is 0 Å². The average molecular weight is 270 g/mol. The number of Topliss-reactive ketones (excluding diaryl/α,β-unsaturated/α-hetero) is 1. The number of rotatable bonds is 2. The number of carbonyl (C=O) groups excluding carboxylic acids is 1. The maximum absolute atomic E-state index is 11.3. The summed E-state index contributed by atoms with van der Waals surface area (Å²) >= 11 is 3.32. The Balaban J connectivity index is 2.08. The largest absolute Gasteiger partial charge is 0.487 e. The molecule has 80 valence electrons. The summed E-state index contributed by atoms with van der Waals surface area (Å²) in [5, 5.41) is 0. The third-order valence-electron chi connectivity index (χ3n) is 2.85. The number of halogens is 1. The zero-order chi connectivity index (χ0) is 11.1. The van der Waals surface area contributed by atoms with Crippen LogP contribution in [-0.2, 0) is 4.79 Å². The first kappa shape index (κ1) is 10.6. The molecule has 1 saturated carbocycles. The van der Waals surface area contributed by atoms with E-state index in [0.717, 1.165) is 4.47 Å². The van der Waals surface area contributed by atoms with E-state index in [-0.39, 0.29) is 17.3 Å². The highest BCUT2D eigenvalue weighted by molar-refractivity contribution is 9.10. The van der Waals surface area contributed by atoms with Gasteiger partial charge in [0.1, 0.15) is 17.6 Å². The predicted octanol–water partition coefficient (Wildman–Crippen LogP) is 2.59. The number of ketones is 1. The summed E-state index contributed by atoms with van der Waals surface area (Å²) in [6.07, 6.45) is 3.83. The summed E-state index contributed by atoms with van der Waals surface area (Å²) in [6, 6.07) is 1.85. The van der Waals surface area contributed by atoms with Crippen LogP contribution >= 0.6 is 15.9 Å². The fourth-order valence-corrected chi connectivity index (χ4v) is 1.89. The van der Waals surface area contributed by atoms with Crippen LogP contribution in [0.1, 0.15) is 20.3 Å². The lowest BCUT2D eigenvalue weighted by atomic mass is 9.68. The lowest BCUT2D eigenvalue weighted by molar-refractivity contribution is -0.148. The van der Waals surface area contributed by atoms with Crippen molar-refractivity contribution in [3.8, 4) is 5.75 Å². The summed E-state index contributed by atoms with van der Waals surface area (Å²) in [5.74, 6) is 0.963. The third-order valence-corrected chi connectivity index (χ3v) is 3.29. The maximum atomic E-state index is 11.3. The summed E-state index contributed by atoms with van der Waals surface area (Å²) in [7, 11) is 0. The van der Waals surface area contributed by atoms with Crippen molar-refractivity contribution in [1.82, 2.24) is 4.98 Å². The van der Waals surface area contributed by atoms with Gasteiger partial charge >= 0.3 is 0 Å². The van der Waals surface area contributed by atoms with Crippen LogP contribution < -0.4 is 4.74 Å². The molecule has 0 spiro atoms. The predicted molar refractivity (Wildman–Crippen MR) is 59.8 cm³/mol. The lowest BCUT2D eigenvalue weighted by Gasteiger charge is -2.41. The van der Waals surface area contributed by atoms with Gasteiger partial charge in [0, 0.05) is 17.1 Å². The molecule has 1 unspecified atom stereocenters. The van der Waals surface area contributed by atoms with E-state index in [1.54, 1.807) is 12.4 Å². The number of hydrogen-bond donors (Lipinski definition) is 0. The number of nitrogens with zero attached hydrogens (tertiary/aromatic N) is 1. The second kappa shape index (κ2) is 3.59. The van der Waals surface area contributed by atoms with Gasteiger partial charge in [0.05, 0.1) is 11.6 Å². The molecule has 0 saturated heterocycles. The topological polar surface area (TPSA) is 39.2 Å². The van der Waals surface area contributed by atoms with Crippen molar-refractivity contribution in [2.45, 2.75) is 26.4 Å². The smallest absolute Gasteiger partial charge is 0.145 e. The Bertz CT molecular complexity index is 403. The summed E-state index contributed by atoms with van der Waals surface area (Å²) in [5.41, 5.74) is -0.359. The average Bonchev–Trinajstić information content (AvgIpc) is 2.17. The Labute approximate surface area is 97.0 Å². The number of carbonyl (C=O) groups is 1. The van der Waals surface area contributed by atoms with Crippen LogP contribution in [-0.4, -0.2) is 16.9 Å². The monoisotopic (exact) mass is 269 g/mol. The van der Waals surface area contributed by atoms with E-state index in [1.165, 1.54) is 0 Å². The standard InChI is InChI=1S/C11H12BrNO2/c1-11(2)9(14)4-10(11)15-8-3-7(12)5-13-6-8/h3,5-6,10H,4H2,1-2H3. The van der Waals surface area contributed by atoms with Crippen LogP contribution in [0.15, 0.2) is 22.9 Å². The first-order valence-corrected chi connectivity index (χ1v) is 5.60. The molecule has 15 heavy (non-hydrogen) atoms. The molecule has 1 aromatic heterocycles. The SMILES string of the molecule is CC1(C)C(=O)CC1Oc1cncc(Br)c1. The molecule has 1 aromatic rings. The minimum absolute atomic E-state index is 0.0268. The molecule has 0 aromatic carbocycles. The molecule has 0 bridgehead atoms. The van der Waals surface area contributed by atoms with Gasteiger partial charge in [-0.1, -0.05) is 0 Å². The van der Waals surface area contributed by atoms with Crippen molar-refractivity contribution in [3.05, 3.63) is 22.9 Å². The van der Waals surface area contributed by atoms with Gasteiger partial charge in [-0.25, -0.2) is 0 Å². The van der Waals surface area contributed by atoms with E-state index < -0.39 is 0 Å². The molecular weight excluding hydrogens is 258 g/mol. The molecule has 3 nitrogen and oxygen atoms in total. The van der Waals surface area contributed by atoms with Crippen molar-refractivity contribution in [2.75, 3.05) is 0 Å². The Hall–Kier alpha value is -0.900. The van der Waals surface area contributed by atoms with Gasteiger partial charge in [-0.15, -0.1) is 0 Å². The van der Waals surface area contributed by atoms with E-state index in [1.807, 2.05) is 19.9 Å². The third kappa shape index (κ3) is 1.91. The number of pyridine rings is 1. The van der Waals surface area contributed by atoms with Crippen LogP contribution in [0.5, 0.6) is 5.75 Å². The Kier molecular flexibility index (Phi) is 2.54. The molecule has 0 aliphatic heterocycles. The molecule has 0 N–H and O–H groups in total. The molecule has 1 aliphatic carbocycles. The van der Waals surface area contributed by atoms with E-state index >= 15 is 0 Å². The van der Waals surface area contributed by atoms with E-state index in [9.17, 15) is 4.79 Å². The number of aromatic nitrogens is 1. The quantitative estimate of drug-likeness (QED) is 0.829. The minimum atomic E-state index is -0.359. The fraction of sp³-hybridized carbons (Fsp3) is 0.455. The van der Waals surface area contributed by atoms with Gasteiger partial charge in [0.25, 0.3) is 0 Å². The molecule has 1 heterocycles. The van der Waals surface area contributed by atoms with E-state index in [2.05, 4.69) is 20.9 Å². The first-order valence-electron chi connectivity index (χ1n) is 4.80. The van der Waals surface area contributed by atoms with Crippen molar-refractivity contribution >= 4 is 21.7 Å². The number of ether oxygens (including phenoxy) is 1. The van der Waals surface area contributed by atoms with Crippen molar-refractivity contribution in [2.24, 2.45) is 5.41 Å². The Morgan fingerprint density at radius 2 is 2.27 bits per heavy atom. The molecule has 1 fully saturated rings. The van der Waals surface area contributed by atoms with Gasteiger partial charge in [-0.05, 0) is 35.8 Å². The molecule has 0 amide bonds. The van der Waals surface area contributed by atoms with Gasteiger partial charge < -0.3 is 4.74 Å². The Morgan fingerprint density at radius 1 is 1.53 bits per heavy atom. The van der Waals surface area contributed by atoms with Crippen molar-refractivity contribution in [3.63, 3.8) is 0 Å². The molecule has 4 heteroatoms. The fourth-order valence-electron chi connectivity index (χ4n) is 1.55. The zero-order valence-electron chi connectivity index (χ0n) is 8.66. The minimum Gasteiger partial charge on any atom is -0.487 e. The summed E-state index contributed by atoms with van der Waals surface area (Å²) in [6.45, 7) is 3.82. The van der Waals surface area contributed by atoms with Crippen LogP contribution in [0, 0.1) is 5.41 Å². The molecule has 0 radical (unpaired) electrons.